The summed E-state index contributed by atoms with van der Waals surface area (Å²) >= 11 is 11.1. The maximum Gasteiger partial charge on any atom is 0.242 e. The van der Waals surface area contributed by atoms with Crippen LogP contribution < -0.4 is 4.72 Å². The normalized spacial score (nSPS) is 15.2. The monoisotopic (exact) mass is 347 g/mol. The molecule has 0 aliphatic carbocycles. The molecule has 0 fully saturated rings. The third kappa shape index (κ3) is 4.39. The maximum absolute atomic E-state index is 13.5. The summed E-state index contributed by atoms with van der Waals surface area (Å²) in [7, 11) is -5.15. The van der Waals surface area contributed by atoms with Gasteiger partial charge < -0.3 is 0 Å². The summed E-state index contributed by atoms with van der Waals surface area (Å²) in [6.07, 6.45) is 1.46. The fourth-order valence-electron chi connectivity index (χ4n) is 1.43. The van der Waals surface area contributed by atoms with E-state index in [1.807, 2.05) is 0 Å². The molecule has 0 bridgehead atoms. The molecule has 2 atom stereocenters. The Balaban J connectivity index is 3.08. The molecule has 1 aromatic rings. The first-order chi connectivity index (χ1) is 8.65. The van der Waals surface area contributed by atoms with E-state index in [2.05, 4.69) is 4.72 Å². The summed E-state index contributed by atoms with van der Waals surface area (Å²) in [5.41, 5.74) is 0. The van der Waals surface area contributed by atoms with E-state index in [0.717, 1.165) is 12.1 Å². The molecule has 0 aliphatic rings. The van der Waals surface area contributed by atoms with Crippen molar-refractivity contribution in [2.45, 2.75) is 17.9 Å². The van der Waals surface area contributed by atoms with E-state index in [1.165, 1.54) is 6.26 Å². The molecule has 108 valence electrons. The fourth-order valence-corrected chi connectivity index (χ4v) is 4.31. The van der Waals surface area contributed by atoms with Gasteiger partial charge in [-0.3, -0.25) is 4.21 Å². The first kappa shape index (κ1) is 16.8. The van der Waals surface area contributed by atoms with Crippen LogP contribution in [0.15, 0.2) is 17.0 Å². The predicted octanol–water partition coefficient (Wildman–Crippen LogP) is 2.18. The highest BCUT2D eigenvalue weighted by Gasteiger charge is 2.23. The molecule has 1 rings (SSSR count). The maximum atomic E-state index is 13.5. The van der Waals surface area contributed by atoms with Gasteiger partial charge in [0, 0.05) is 28.9 Å². The zero-order chi connectivity index (χ0) is 14.8. The Labute approximate surface area is 123 Å². The average Bonchev–Trinajstić information content (AvgIpc) is 2.23. The lowest BCUT2D eigenvalue weighted by Crippen LogP contribution is -2.36. The highest BCUT2D eigenvalue weighted by Crippen LogP contribution is 2.29. The van der Waals surface area contributed by atoms with Gasteiger partial charge in [-0.2, -0.15) is 0 Å². The zero-order valence-electron chi connectivity index (χ0n) is 10.1. The molecule has 0 heterocycles. The Kier molecular flexibility index (Phi) is 5.76. The largest absolute Gasteiger partial charge is 0.260 e. The van der Waals surface area contributed by atoms with Crippen LogP contribution in [0.2, 0.25) is 10.0 Å². The molecule has 0 aromatic heterocycles. The lowest BCUT2D eigenvalue weighted by Gasteiger charge is -2.14. The van der Waals surface area contributed by atoms with E-state index >= 15 is 0 Å². The van der Waals surface area contributed by atoms with Gasteiger partial charge in [0.05, 0.1) is 10.0 Å². The molecule has 0 radical (unpaired) electrons. The molecule has 0 unspecified atom stereocenters. The van der Waals surface area contributed by atoms with Crippen LogP contribution in [-0.2, 0) is 20.8 Å². The summed E-state index contributed by atoms with van der Waals surface area (Å²) in [5.74, 6) is -0.842. The van der Waals surface area contributed by atoms with Gasteiger partial charge in [0.25, 0.3) is 0 Å². The van der Waals surface area contributed by atoms with Crippen molar-refractivity contribution in [1.29, 1.82) is 0 Å². The minimum Gasteiger partial charge on any atom is -0.260 e. The van der Waals surface area contributed by atoms with Crippen LogP contribution in [0.3, 0.4) is 0 Å². The number of benzene rings is 1. The smallest absolute Gasteiger partial charge is 0.242 e. The van der Waals surface area contributed by atoms with Crippen LogP contribution in [0.25, 0.3) is 0 Å². The number of nitrogens with one attached hydrogen (secondary N) is 1. The topological polar surface area (TPSA) is 63.2 Å². The number of sulfonamides is 1. The Morgan fingerprint density at radius 2 is 2.00 bits per heavy atom. The third-order valence-electron chi connectivity index (χ3n) is 2.13. The minimum absolute atomic E-state index is 0.146. The van der Waals surface area contributed by atoms with E-state index in [9.17, 15) is 17.0 Å². The summed E-state index contributed by atoms with van der Waals surface area (Å²) in [6.45, 7) is 1.55. The van der Waals surface area contributed by atoms with E-state index < -0.39 is 42.6 Å². The number of halogens is 3. The first-order valence-corrected chi connectivity index (χ1v) is 9.07. The van der Waals surface area contributed by atoms with Crippen molar-refractivity contribution in [3.63, 3.8) is 0 Å². The highest BCUT2D eigenvalue weighted by atomic mass is 35.5. The second-order valence-electron chi connectivity index (χ2n) is 3.94. The molecule has 0 amide bonds. The fraction of sp³-hybridized carbons (Fsp3) is 0.400. The molecule has 1 N–H and O–H groups in total. The van der Waals surface area contributed by atoms with Crippen molar-refractivity contribution in [3.8, 4) is 0 Å². The Bertz CT molecular complexity index is 607. The number of rotatable bonds is 5. The highest BCUT2D eigenvalue weighted by molar-refractivity contribution is 7.89. The van der Waals surface area contributed by atoms with Crippen molar-refractivity contribution in [2.24, 2.45) is 0 Å². The van der Waals surface area contributed by atoms with Gasteiger partial charge in [-0.1, -0.05) is 23.2 Å². The van der Waals surface area contributed by atoms with Crippen molar-refractivity contribution >= 4 is 44.0 Å². The molecular weight excluding hydrogens is 336 g/mol. The molecule has 0 saturated carbocycles. The van der Waals surface area contributed by atoms with Crippen LogP contribution in [0, 0.1) is 5.82 Å². The average molecular weight is 348 g/mol. The minimum atomic E-state index is -3.99. The van der Waals surface area contributed by atoms with Crippen LogP contribution in [-0.4, -0.2) is 30.7 Å². The van der Waals surface area contributed by atoms with Gasteiger partial charge in [-0.15, -0.1) is 0 Å². The standard InChI is InChI=1S/C10H12Cl2FNO3S2/c1-6(5-18(2)15)14-19(16,17)8-4-3-7(11)10(13)9(8)12/h3-4,6,14H,5H2,1-2H3/t6-,18+/m1/s1. The number of hydrogen-bond acceptors (Lipinski definition) is 3. The second-order valence-corrected chi connectivity index (χ2v) is 7.88. The molecule has 0 spiro atoms. The molecular formula is C10H12Cl2FNO3S2. The van der Waals surface area contributed by atoms with Gasteiger partial charge in [0.2, 0.25) is 10.0 Å². The molecule has 1 aromatic carbocycles. The summed E-state index contributed by atoms with van der Waals surface area (Å²) in [4.78, 5) is -0.398. The molecule has 19 heavy (non-hydrogen) atoms. The van der Waals surface area contributed by atoms with Crippen molar-refractivity contribution < 1.29 is 17.0 Å². The number of hydrogen-bond donors (Lipinski definition) is 1. The lowest BCUT2D eigenvalue weighted by atomic mass is 10.3. The van der Waals surface area contributed by atoms with Crippen LogP contribution in [0.5, 0.6) is 0 Å². The third-order valence-corrected chi connectivity index (χ3v) is 5.51. The van der Waals surface area contributed by atoms with E-state index in [4.69, 9.17) is 23.2 Å². The van der Waals surface area contributed by atoms with Gasteiger partial charge in [0.15, 0.2) is 5.82 Å². The Morgan fingerprint density at radius 1 is 1.42 bits per heavy atom. The second kappa shape index (κ2) is 6.49. The van der Waals surface area contributed by atoms with Crippen LogP contribution in [0.1, 0.15) is 6.92 Å². The van der Waals surface area contributed by atoms with E-state index in [-0.39, 0.29) is 10.8 Å². The van der Waals surface area contributed by atoms with Crippen molar-refractivity contribution in [1.82, 2.24) is 4.72 Å². The first-order valence-electron chi connectivity index (χ1n) is 5.11. The Morgan fingerprint density at radius 3 is 2.53 bits per heavy atom. The molecule has 9 heteroatoms. The van der Waals surface area contributed by atoms with Gasteiger partial charge in [-0.05, 0) is 19.1 Å². The summed E-state index contributed by atoms with van der Waals surface area (Å²) in [5, 5.41) is -0.823. The zero-order valence-corrected chi connectivity index (χ0v) is 13.3. The summed E-state index contributed by atoms with van der Waals surface area (Å²) < 4.78 is 50.8. The molecule has 0 saturated heterocycles. The van der Waals surface area contributed by atoms with Crippen LogP contribution >= 0.6 is 23.2 Å². The van der Waals surface area contributed by atoms with Gasteiger partial charge >= 0.3 is 0 Å². The quantitative estimate of drug-likeness (QED) is 0.830. The molecule has 4 nitrogen and oxygen atoms in total. The SMILES string of the molecule is C[C@H](C[S@](C)=O)NS(=O)(=O)c1ccc(Cl)c(F)c1Cl. The van der Waals surface area contributed by atoms with Crippen LogP contribution in [0.4, 0.5) is 4.39 Å². The van der Waals surface area contributed by atoms with Gasteiger partial charge in [0.1, 0.15) is 4.90 Å². The van der Waals surface area contributed by atoms with Crippen molar-refractivity contribution in [2.75, 3.05) is 12.0 Å². The molecule has 0 aliphatic heterocycles. The lowest BCUT2D eigenvalue weighted by molar-refractivity contribution is 0.567. The van der Waals surface area contributed by atoms with Gasteiger partial charge in [-0.25, -0.2) is 17.5 Å². The van der Waals surface area contributed by atoms with E-state index in [0.29, 0.717) is 0 Å². The van der Waals surface area contributed by atoms with E-state index in [1.54, 1.807) is 6.92 Å². The predicted molar refractivity (Wildman–Crippen MR) is 75.1 cm³/mol. The summed E-state index contributed by atoms with van der Waals surface area (Å²) in [6, 6.07) is 1.66. The van der Waals surface area contributed by atoms with Crippen molar-refractivity contribution in [3.05, 3.63) is 28.0 Å². The Hall–Kier alpha value is -0.210.